The van der Waals surface area contributed by atoms with Crippen LogP contribution in [-0.4, -0.2) is 37.2 Å². The molecule has 6 heteroatoms. The average molecular weight is 1050 g/mol. The summed E-state index contributed by atoms with van der Waals surface area (Å²) in [4.78, 5) is 38.0. The molecular weight excluding hydrogens is 925 g/mol. The van der Waals surface area contributed by atoms with E-state index in [0.717, 1.165) is 89.9 Å². The number of unbranched alkanes of at least 4 members (excludes halogenated alkanes) is 39. The number of ether oxygens (including phenoxy) is 3. The van der Waals surface area contributed by atoms with Gasteiger partial charge in [-0.05, 0) is 83.5 Å². The standard InChI is InChI=1S/C69H124O6/c1-4-7-10-13-15-17-19-21-23-25-27-29-31-33-34-36-37-39-41-43-45-47-49-51-53-56-59-62-68(71)74-65-66(64-73-67(70)61-58-55-12-9-6-3)75-69(72)63-60-57-54-52-50-48-46-44-42-40-38-35-32-30-28-26-24-22-20-18-16-14-11-8-5-2/h8,11,16,18,22,24-25,27-28,30,66H,4-7,9-10,12-15,17,19-21,23,26,29,31-65H2,1-3H3/b11-8-,18-16-,24-22-,27-25-,30-28-. The predicted molar refractivity (Wildman–Crippen MR) is 325 cm³/mol. The third-order valence-corrected chi connectivity index (χ3v) is 14.5. The second kappa shape index (κ2) is 63.6. The van der Waals surface area contributed by atoms with Gasteiger partial charge in [0, 0.05) is 19.3 Å². The second-order valence-corrected chi connectivity index (χ2v) is 22.0. The van der Waals surface area contributed by atoms with Gasteiger partial charge in [-0.2, -0.15) is 0 Å². The molecule has 0 radical (unpaired) electrons. The van der Waals surface area contributed by atoms with E-state index in [1.54, 1.807) is 0 Å². The first kappa shape index (κ1) is 72.1. The number of hydrogen-bond donors (Lipinski definition) is 0. The fraction of sp³-hybridized carbons (Fsp3) is 0.812. The lowest BCUT2D eigenvalue weighted by molar-refractivity contribution is -0.167. The zero-order chi connectivity index (χ0) is 54.3. The van der Waals surface area contributed by atoms with Gasteiger partial charge in [0.1, 0.15) is 13.2 Å². The van der Waals surface area contributed by atoms with Gasteiger partial charge in [-0.25, -0.2) is 0 Å². The van der Waals surface area contributed by atoms with Crippen molar-refractivity contribution in [2.45, 2.75) is 348 Å². The molecule has 0 aliphatic carbocycles. The Hall–Kier alpha value is -2.89. The van der Waals surface area contributed by atoms with Crippen molar-refractivity contribution in [2.24, 2.45) is 0 Å². The van der Waals surface area contributed by atoms with Crippen LogP contribution < -0.4 is 0 Å². The molecule has 0 fully saturated rings. The van der Waals surface area contributed by atoms with Crippen molar-refractivity contribution in [1.82, 2.24) is 0 Å². The zero-order valence-electron chi connectivity index (χ0n) is 50.1. The SMILES string of the molecule is CC/C=C\C/C=C\C/C=C\C/C=C\CCCCCCCCCCCCCCC(=O)OC(COC(=O)CCCCCCC)COC(=O)CCCCCCCCCCCCCCCCC/C=C\CCCCCCCCCC. The van der Waals surface area contributed by atoms with E-state index in [-0.39, 0.29) is 31.1 Å². The molecule has 0 saturated heterocycles. The molecule has 75 heavy (non-hydrogen) atoms. The van der Waals surface area contributed by atoms with Crippen molar-refractivity contribution in [3.8, 4) is 0 Å². The van der Waals surface area contributed by atoms with E-state index in [2.05, 4.69) is 81.5 Å². The minimum absolute atomic E-state index is 0.0717. The van der Waals surface area contributed by atoms with Crippen LogP contribution in [0, 0.1) is 0 Å². The lowest BCUT2D eigenvalue weighted by Gasteiger charge is -2.18. The van der Waals surface area contributed by atoms with E-state index >= 15 is 0 Å². The summed E-state index contributed by atoms with van der Waals surface area (Å²) in [6.07, 6.45) is 81.5. The van der Waals surface area contributed by atoms with Gasteiger partial charge >= 0.3 is 17.9 Å². The first-order valence-electron chi connectivity index (χ1n) is 32.8. The van der Waals surface area contributed by atoms with Crippen LogP contribution in [0.5, 0.6) is 0 Å². The van der Waals surface area contributed by atoms with Crippen molar-refractivity contribution < 1.29 is 28.6 Å². The van der Waals surface area contributed by atoms with Crippen molar-refractivity contribution in [2.75, 3.05) is 13.2 Å². The third-order valence-electron chi connectivity index (χ3n) is 14.5. The monoisotopic (exact) mass is 1050 g/mol. The van der Waals surface area contributed by atoms with Crippen molar-refractivity contribution >= 4 is 17.9 Å². The number of esters is 3. The molecule has 0 aliphatic rings. The molecule has 0 N–H and O–H groups in total. The predicted octanol–water partition coefficient (Wildman–Crippen LogP) is 22.3. The fourth-order valence-electron chi connectivity index (χ4n) is 9.61. The number of hydrogen-bond acceptors (Lipinski definition) is 6. The summed E-state index contributed by atoms with van der Waals surface area (Å²) in [5.41, 5.74) is 0. The van der Waals surface area contributed by atoms with Crippen LogP contribution in [0.25, 0.3) is 0 Å². The second-order valence-electron chi connectivity index (χ2n) is 22.0. The zero-order valence-corrected chi connectivity index (χ0v) is 50.1. The van der Waals surface area contributed by atoms with Gasteiger partial charge in [0.05, 0.1) is 0 Å². The average Bonchev–Trinajstić information content (AvgIpc) is 3.41. The molecule has 6 nitrogen and oxygen atoms in total. The van der Waals surface area contributed by atoms with Crippen LogP contribution in [0.1, 0.15) is 342 Å². The maximum atomic E-state index is 12.8. The summed E-state index contributed by atoms with van der Waals surface area (Å²) >= 11 is 0. The molecule has 0 aromatic rings. The number of rotatable bonds is 60. The summed E-state index contributed by atoms with van der Waals surface area (Å²) < 4.78 is 16.8. The number of carbonyl (C=O) groups is 3. The molecule has 0 rings (SSSR count). The van der Waals surface area contributed by atoms with Gasteiger partial charge in [0.2, 0.25) is 0 Å². The Balaban J connectivity index is 3.99. The quantitative estimate of drug-likeness (QED) is 0.0261. The van der Waals surface area contributed by atoms with Crippen molar-refractivity contribution in [3.05, 3.63) is 60.8 Å². The Morgan fingerprint density at radius 3 is 0.827 bits per heavy atom. The van der Waals surface area contributed by atoms with E-state index < -0.39 is 6.10 Å². The van der Waals surface area contributed by atoms with E-state index in [0.29, 0.717) is 19.3 Å². The van der Waals surface area contributed by atoms with Gasteiger partial charge in [-0.15, -0.1) is 0 Å². The Bertz CT molecular complexity index is 1340. The van der Waals surface area contributed by atoms with Gasteiger partial charge in [0.15, 0.2) is 6.10 Å². The number of allylic oxidation sites excluding steroid dienone is 10. The van der Waals surface area contributed by atoms with Gasteiger partial charge in [-0.3, -0.25) is 14.4 Å². The van der Waals surface area contributed by atoms with Gasteiger partial charge in [0.25, 0.3) is 0 Å². The molecule has 0 saturated carbocycles. The lowest BCUT2D eigenvalue weighted by atomic mass is 10.0. The molecule has 0 heterocycles. The summed E-state index contributed by atoms with van der Waals surface area (Å²) in [5.74, 6) is -0.871. The Kier molecular flexibility index (Phi) is 61.2. The first-order chi connectivity index (χ1) is 37.0. The fourth-order valence-corrected chi connectivity index (χ4v) is 9.61. The van der Waals surface area contributed by atoms with Crippen LogP contribution >= 0.6 is 0 Å². The number of carbonyl (C=O) groups excluding carboxylic acids is 3. The largest absolute Gasteiger partial charge is 0.462 e. The van der Waals surface area contributed by atoms with Crippen LogP contribution in [0.15, 0.2) is 60.8 Å². The van der Waals surface area contributed by atoms with Crippen molar-refractivity contribution in [1.29, 1.82) is 0 Å². The molecule has 0 spiro atoms. The summed E-state index contributed by atoms with van der Waals surface area (Å²) in [5, 5.41) is 0. The Morgan fingerprint density at radius 1 is 0.280 bits per heavy atom. The first-order valence-corrected chi connectivity index (χ1v) is 32.8. The molecule has 1 atom stereocenters. The minimum Gasteiger partial charge on any atom is -0.462 e. The minimum atomic E-state index is -0.771. The van der Waals surface area contributed by atoms with Crippen LogP contribution in [0.3, 0.4) is 0 Å². The third kappa shape index (κ3) is 61.8. The summed E-state index contributed by atoms with van der Waals surface area (Å²) in [6.45, 7) is 6.49. The van der Waals surface area contributed by atoms with E-state index in [9.17, 15) is 14.4 Å². The maximum Gasteiger partial charge on any atom is 0.306 e. The van der Waals surface area contributed by atoms with Crippen molar-refractivity contribution in [3.63, 3.8) is 0 Å². The highest BCUT2D eigenvalue weighted by Gasteiger charge is 2.19. The van der Waals surface area contributed by atoms with E-state index in [1.807, 2.05) is 0 Å². The lowest BCUT2D eigenvalue weighted by Crippen LogP contribution is -2.30. The normalized spacial score (nSPS) is 12.4. The summed E-state index contributed by atoms with van der Waals surface area (Å²) in [7, 11) is 0. The molecule has 0 bridgehead atoms. The smallest absolute Gasteiger partial charge is 0.306 e. The highest BCUT2D eigenvalue weighted by molar-refractivity contribution is 5.71. The molecule has 0 aliphatic heterocycles. The Labute approximate surface area is 466 Å². The molecular formula is C69H124O6. The van der Waals surface area contributed by atoms with Gasteiger partial charge in [-0.1, -0.05) is 300 Å². The van der Waals surface area contributed by atoms with E-state index in [4.69, 9.17) is 14.2 Å². The highest BCUT2D eigenvalue weighted by Crippen LogP contribution is 2.17. The maximum absolute atomic E-state index is 12.8. The highest BCUT2D eigenvalue weighted by atomic mass is 16.6. The topological polar surface area (TPSA) is 78.9 Å². The molecule has 436 valence electrons. The van der Waals surface area contributed by atoms with Gasteiger partial charge < -0.3 is 14.2 Å². The molecule has 0 aromatic heterocycles. The molecule has 0 amide bonds. The van der Waals surface area contributed by atoms with Crippen LogP contribution in [0.4, 0.5) is 0 Å². The van der Waals surface area contributed by atoms with Crippen LogP contribution in [0.2, 0.25) is 0 Å². The summed E-state index contributed by atoms with van der Waals surface area (Å²) in [6, 6.07) is 0. The Morgan fingerprint density at radius 2 is 0.520 bits per heavy atom. The van der Waals surface area contributed by atoms with E-state index in [1.165, 1.54) is 212 Å². The molecule has 0 aromatic carbocycles. The molecule has 1 unspecified atom stereocenters. The van der Waals surface area contributed by atoms with Crippen LogP contribution in [-0.2, 0) is 28.6 Å².